The van der Waals surface area contributed by atoms with Gasteiger partial charge in [0.2, 0.25) is 5.95 Å². The fourth-order valence-electron chi connectivity index (χ4n) is 2.65. The third-order valence-electron chi connectivity index (χ3n) is 3.50. The molecule has 0 radical (unpaired) electrons. The average molecular weight is 329 g/mol. The number of nitrogens with one attached hydrogen (secondary N) is 1. The van der Waals surface area contributed by atoms with Crippen LogP contribution in [0.1, 0.15) is 12.5 Å². The highest BCUT2D eigenvalue weighted by Gasteiger charge is 2.33. The Kier molecular flexibility index (Phi) is 3.39. The lowest BCUT2D eigenvalue weighted by atomic mass is 10.1. The normalized spacial score (nSPS) is 22.2. The van der Waals surface area contributed by atoms with E-state index in [1.807, 2.05) is 0 Å². The van der Waals surface area contributed by atoms with Gasteiger partial charge in [-0.3, -0.25) is 14.3 Å². The van der Waals surface area contributed by atoms with Crippen molar-refractivity contribution in [2.24, 2.45) is 5.92 Å². The lowest BCUT2D eigenvalue weighted by Gasteiger charge is -2.14. The number of H-pyrrole nitrogens is 1. The second-order valence-corrected chi connectivity index (χ2v) is 6.88. The van der Waals surface area contributed by atoms with Gasteiger partial charge in [0.25, 0.3) is 5.56 Å². The summed E-state index contributed by atoms with van der Waals surface area (Å²) >= 11 is 0. The summed E-state index contributed by atoms with van der Waals surface area (Å²) in [5, 5.41) is 0. The molecule has 11 heteroatoms. The molecule has 0 spiro atoms. The van der Waals surface area contributed by atoms with E-state index in [2.05, 4.69) is 15.0 Å². The molecule has 3 rings (SSSR count). The molecule has 2 heterocycles. The van der Waals surface area contributed by atoms with Gasteiger partial charge in [-0.2, -0.15) is 4.98 Å². The predicted octanol–water partition coefficient (Wildman–Crippen LogP) is 0.294. The minimum Gasteiger partial charge on any atom is -0.369 e. The Morgan fingerprint density at radius 2 is 2.27 bits per heavy atom. The molecule has 118 valence electrons. The molecule has 0 saturated heterocycles. The summed E-state index contributed by atoms with van der Waals surface area (Å²) in [4.78, 5) is 39.8. The van der Waals surface area contributed by atoms with Crippen LogP contribution in [0.5, 0.6) is 0 Å². The second kappa shape index (κ2) is 5.01. The molecule has 2 aromatic heterocycles. The first-order chi connectivity index (χ1) is 10.2. The summed E-state index contributed by atoms with van der Waals surface area (Å²) < 4.78 is 26.5. The topological polar surface area (TPSA) is 147 Å². The fraction of sp³-hybridized carbons (Fsp3) is 0.364. The summed E-state index contributed by atoms with van der Waals surface area (Å²) in [6, 6.07) is -0.810. The summed E-state index contributed by atoms with van der Waals surface area (Å²) in [5.41, 5.74) is 5.10. The molecule has 1 aliphatic rings. The largest absolute Gasteiger partial charge is 0.369 e. The number of hydrogen-bond acceptors (Lipinski definition) is 5. The van der Waals surface area contributed by atoms with Gasteiger partial charge < -0.3 is 20.1 Å². The minimum absolute atomic E-state index is 0.0282. The molecule has 0 bridgehead atoms. The van der Waals surface area contributed by atoms with E-state index in [-0.39, 0.29) is 23.5 Å². The van der Waals surface area contributed by atoms with Crippen LogP contribution in [0.3, 0.4) is 0 Å². The van der Waals surface area contributed by atoms with Crippen LogP contribution in [0.2, 0.25) is 0 Å². The van der Waals surface area contributed by atoms with Gasteiger partial charge in [0.15, 0.2) is 11.2 Å². The molecule has 0 aliphatic heterocycles. The van der Waals surface area contributed by atoms with Crippen LogP contribution in [-0.2, 0) is 4.57 Å². The SMILES string of the molecule is Nc1nc2c(ncn2[C@@H]2C[C@H](CP(=O)(O)O)C=C2F)c(=O)[nH]1. The number of allylic oxidation sites excluding steroid dienone is 2. The van der Waals surface area contributed by atoms with Crippen molar-refractivity contribution >= 4 is 24.7 Å². The minimum atomic E-state index is -4.24. The van der Waals surface area contributed by atoms with Crippen molar-refractivity contribution < 1.29 is 18.7 Å². The maximum atomic E-state index is 14.1. The Morgan fingerprint density at radius 3 is 2.95 bits per heavy atom. The molecule has 0 unspecified atom stereocenters. The summed E-state index contributed by atoms with van der Waals surface area (Å²) in [6.45, 7) is 0. The number of imidazole rings is 1. The van der Waals surface area contributed by atoms with Gasteiger partial charge in [-0.15, -0.1) is 0 Å². The van der Waals surface area contributed by atoms with Crippen molar-refractivity contribution in [3.05, 3.63) is 28.6 Å². The maximum Gasteiger partial charge on any atom is 0.326 e. The first-order valence-corrected chi connectivity index (χ1v) is 8.18. The highest BCUT2D eigenvalue weighted by Crippen LogP contribution is 2.44. The van der Waals surface area contributed by atoms with Gasteiger partial charge in [0.1, 0.15) is 5.83 Å². The number of aromatic amines is 1. The molecule has 0 aromatic carbocycles. The number of anilines is 1. The van der Waals surface area contributed by atoms with Gasteiger partial charge in [-0.25, -0.2) is 9.37 Å². The zero-order valence-corrected chi connectivity index (χ0v) is 12.1. The number of nitrogens with zero attached hydrogens (tertiary/aromatic N) is 3. The van der Waals surface area contributed by atoms with Crippen LogP contribution in [0.25, 0.3) is 11.2 Å². The number of halogens is 1. The molecule has 0 saturated carbocycles. The molecule has 2 aromatic rings. The molecule has 1 aliphatic carbocycles. The smallest absolute Gasteiger partial charge is 0.326 e. The van der Waals surface area contributed by atoms with Gasteiger partial charge in [-0.05, 0) is 18.4 Å². The highest BCUT2D eigenvalue weighted by molar-refractivity contribution is 7.51. The van der Waals surface area contributed by atoms with Crippen LogP contribution in [-0.4, -0.2) is 35.5 Å². The first-order valence-electron chi connectivity index (χ1n) is 6.39. The average Bonchev–Trinajstić information content (AvgIpc) is 2.90. The van der Waals surface area contributed by atoms with Crippen LogP contribution < -0.4 is 11.3 Å². The van der Waals surface area contributed by atoms with Crippen molar-refractivity contribution in [3.8, 4) is 0 Å². The maximum absolute atomic E-state index is 14.1. The number of aromatic nitrogens is 4. The molecule has 0 fully saturated rings. The molecular weight excluding hydrogens is 316 g/mol. The third kappa shape index (κ3) is 2.68. The predicted molar refractivity (Wildman–Crippen MR) is 75.8 cm³/mol. The molecule has 5 N–H and O–H groups in total. The lowest BCUT2D eigenvalue weighted by Crippen LogP contribution is -2.14. The van der Waals surface area contributed by atoms with E-state index in [9.17, 15) is 13.8 Å². The van der Waals surface area contributed by atoms with Gasteiger partial charge >= 0.3 is 7.60 Å². The van der Waals surface area contributed by atoms with E-state index in [1.165, 1.54) is 17.0 Å². The summed E-state index contributed by atoms with van der Waals surface area (Å²) in [6.07, 6.45) is 2.17. The zero-order valence-electron chi connectivity index (χ0n) is 11.2. The van der Waals surface area contributed by atoms with E-state index in [0.717, 1.165) is 0 Å². The Labute approximate surface area is 122 Å². The molecule has 22 heavy (non-hydrogen) atoms. The zero-order chi connectivity index (χ0) is 16.1. The number of hydrogen-bond donors (Lipinski definition) is 4. The van der Waals surface area contributed by atoms with Gasteiger partial charge in [0, 0.05) is 0 Å². The highest BCUT2D eigenvalue weighted by atomic mass is 31.2. The summed E-state index contributed by atoms with van der Waals surface area (Å²) in [5.74, 6) is -1.26. The Hall–Kier alpha value is -2.03. The van der Waals surface area contributed by atoms with E-state index in [4.69, 9.17) is 15.5 Å². The summed E-state index contributed by atoms with van der Waals surface area (Å²) in [7, 11) is -4.24. The van der Waals surface area contributed by atoms with E-state index < -0.39 is 37.1 Å². The van der Waals surface area contributed by atoms with E-state index in [0.29, 0.717) is 0 Å². The monoisotopic (exact) mass is 329 g/mol. The van der Waals surface area contributed by atoms with Gasteiger partial charge in [0.05, 0.1) is 18.5 Å². The number of nitrogens with two attached hydrogens (primary N) is 1. The van der Waals surface area contributed by atoms with Gasteiger partial charge in [-0.1, -0.05) is 0 Å². The number of nitrogen functional groups attached to an aromatic ring is 1. The Balaban J connectivity index is 1.98. The number of fused-ring (bicyclic) bond motifs is 1. The van der Waals surface area contributed by atoms with Crippen molar-refractivity contribution in [2.75, 3.05) is 11.9 Å². The van der Waals surface area contributed by atoms with Crippen molar-refractivity contribution in [2.45, 2.75) is 12.5 Å². The van der Waals surface area contributed by atoms with Crippen molar-refractivity contribution in [1.29, 1.82) is 0 Å². The molecular formula is C11H13FN5O4P. The lowest BCUT2D eigenvalue weighted by molar-refractivity contribution is 0.362. The van der Waals surface area contributed by atoms with Crippen LogP contribution in [0.15, 0.2) is 23.0 Å². The van der Waals surface area contributed by atoms with E-state index >= 15 is 0 Å². The van der Waals surface area contributed by atoms with Crippen molar-refractivity contribution in [1.82, 2.24) is 19.5 Å². The Morgan fingerprint density at radius 1 is 1.55 bits per heavy atom. The third-order valence-corrected chi connectivity index (χ3v) is 4.44. The molecule has 0 amide bonds. The van der Waals surface area contributed by atoms with Crippen LogP contribution >= 0.6 is 7.60 Å². The molecule has 9 nitrogen and oxygen atoms in total. The first kappa shape index (κ1) is 14.9. The molecule has 2 atom stereocenters. The van der Waals surface area contributed by atoms with Crippen molar-refractivity contribution in [3.63, 3.8) is 0 Å². The Bertz CT molecular complexity index is 869. The van der Waals surface area contributed by atoms with Crippen LogP contribution in [0.4, 0.5) is 10.3 Å². The number of rotatable bonds is 3. The fourth-order valence-corrected chi connectivity index (χ4v) is 3.52. The van der Waals surface area contributed by atoms with Crippen LogP contribution in [0, 0.1) is 5.92 Å². The van der Waals surface area contributed by atoms with E-state index in [1.54, 1.807) is 0 Å². The standard InChI is InChI=1S/C11H13FN5O4P/c12-6-1-5(3-22(19,20)21)2-7(6)17-4-14-8-9(17)15-11(13)16-10(8)18/h1,4-5,7H,2-3H2,(H2,19,20,21)(H3,13,15,16,18)/t5-,7-/m1/s1. The quantitative estimate of drug-likeness (QED) is 0.592. The second-order valence-electron chi connectivity index (χ2n) is 5.19.